The van der Waals surface area contributed by atoms with Crippen LogP contribution >= 0.6 is 0 Å². The zero-order valence-electron chi connectivity index (χ0n) is 10.2. The van der Waals surface area contributed by atoms with Crippen LogP contribution in [0.25, 0.3) is 22.4 Å². The molecule has 3 rings (SSSR count). The number of nitrogens with two attached hydrogens (primary N) is 1. The van der Waals surface area contributed by atoms with Gasteiger partial charge in [-0.1, -0.05) is 0 Å². The van der Waals surface area contributed by atoms with Gasteiger partial charge in [0.05, 0.1) is 11.0 Å². The van der Waals surface area contributed by atoms with Gasteiger partial charge in [0.25, 0.3) is 6.43 Å². The number of imidazole rings is 1. The van der Waals surface area contributed by atoms with Crippen molar-refractivity contribution in [3.63, 3.8) is 0 Å². The van der Waals surface area contributed by atoms with Crippen LogP contribution < -0.4 is 5.73 Å². The molecule has 2 aromatic carbocycles. The predicted molar refractivity (Wildman–Crippen MR) is 70.9 cm³/mol. The fraction of sp³-hybridized carbons (Fsp3) is 0.0714. The van der Waals surface area contributed by atoms with Crippen molar-refractivity contribution in [1.82, 2.24) is 9.97 Å². The smallest absolute Gasteiger partial charge is 0.264 e. The molecule has 0 unspecified atom stereocenters. The number of alkyl halides is 2. The number of anilines is 1. The Morgan fingerprint density at radius 3 is 2.65 bits per heavy atom. The number of aromatic amines is 1. The Hall–Kier alpha value is -2.50. The Morgan fingerprint density at radius 2 is 1.90 bits per heavy atom. The lowest BCUT2D eigenvalue weighted by atomic mass is 10.1. The molecule has 3 aromatic rings. The number of aromatic nitrogens is 2. The quantitative estimate of drug-likeness (QED) is 0.698. The second kappa shape index (κ2) is 4.56. The van der Waals surface area contributed by atoms with E-state index >= 15 is 0 Å². The minimum absolute atomic E-state index is 0.0507. The summed E-state index contributed by atoms with van der Waals surface area (Å²) >= 11 is 0. The summed E-state index contributed by atoms with van der Waals surface area (Å²) in [5.41, 5.74) is 7.16. The summed E-state index contributed by atoms with van der Waals surface area (Å²) in [4.78, 5) is 7.08. The molecule has 0 aliphatic carbocycles. The lowest BCUT2D eigenvalue weighted by molar-refractivity contribution is 0.152. The van der Waals surface area contributed by atoms with Crippen LogP contribution in [0.15, 0.2) is 36.4 Å². The minimum Gasteiger partial charge on any atom is -0.399 e. The number of benzene rings is 2. The van der Waals surface area contributed by atoms with E-state index in [0.717, 1.165) is 18.2 Å². The third-order valence-electron chi connectivity index (χ3n) is 3.01. The molecule has 1 aromatic heterocycles. The predicted octanol–water partition coefficient (Wildman–Crippen LogP) is 3.89. The highest BCUT2D eigenvalue weighted by molar-refractivity contribution is 5.82. The molecule has 0 aliphatic rings. The molecule has 0 amide bonds. The topological polar surface area (TPSA) is 54.7 Å². The van der Waals surface area contributed by atoms with Crippen LogP contribution in [0.3, 0.4) is 0 Å². The molecule has 0 saturated carbocycles. The van der Waals surface area contributed by atoms with Crippen LogP contribution in [0.1, 0.15) is 12.0 Å². The molecule has 0 fully saturated rings. The zero-order valence-corrected chi connectivity index (χ0v) is 10.2. The maximum atomic E-state index is 13.3. The average molecular weight is 277 g/mol. The van der Waals surface area contributed by atoms with Crippen LogP contribution in [0.4, 0.5) is 18.9 Å². The Morgan fingerprint density at radius 1 is 1.10 bits per heavy atom. The van der Waals surface area contributed by atoms with Crippen LogP contribution in [-0.4, -0.2) is 9.97 Å². The first kappa shape index (κ1) is 12.5. The van der Waals surface area contributed by atoms with Crippen molar-refractivity contribution < 1.29 is 13.2 Å². The number of fused-ring (bicyclic) bond motifs is 1. The summed E-state index contributed by atoms with van der Waals surface area (Å²) in [6.45, 7) is 0. The van der Waals surface area contributed by atoms with Crippen LogP contribution in [0.2, 0.25) is 0 Å². The Balaban J connectivity index is 2.22. The van der Waals surface area contributed by atoms with Crippen LogP contribution in [0, 0.1) is 5.82 Å². The van der Waals surface area contributed by atoms with Crippen molar-refractivity contribution in [2.24, 2.45) is 0 Å². The fourth-order valence-corrected chi connectivity index (χ4v) is 2.08. The van der Waals surface area contributed by atoms with Crippen molar-refractivity contribution >= 4 is 16.7 Å². The largest absolute Gasteiger partial charge is 0.399 e. The number of rotatable bonds is 2. The highest BCUT2D eigenvalue weighted by Crippen LogP contribution is 2.31. The molecule has 3 N–H and O–H groups in total. The first-order valence-corrected chi connectivity index (χ1v) is 5.88. The molecular weight excluding hydrogens is 267 g/mol. The number of H-pyrrole nitrogens is 1. The van der Waals surface area contributed by atoms with E-state index in [2.05, 4.69) is 9.97 Å². The molecule has 0 spiro atoms. The molecule has 3 nitrogen and oxygen atoms in total. The Bertz CT molecular complexity index is 780. The molecule has 0 saturated heterocycles. The lowest BCUT2D eigenvalue weighted by Crippen LogP contribution is -1.93. The fourth-order valence-electron chi connectivity index (χ4n) is 2.08. The molecule has 0 bridgehead atoms. The van der Waals surface area contributed by atoms with Gasteiger partial charge in [-0.25, -0.2) is 18.2 Å². The van der Waals surface area contributed by atoms with Crippen molar-refractivity contribution in [2.75, 3.05) is 5.73 Å². The molecule has 102 valence electrons. The maximum Gasteiger partial charge on any atom is 0.264 e. The van der Waals surface area contributed by atoms with E-state index < -0.39 is 12.2 Å². The van der Waals surface area contributed by atoms with Gasteiger partial charge in [-0.05, 0) is 36.4 Å². The third kappa shape index (κ3) is 2.09. The van der Waals surface area contributed by atoms with Crippen molar-refractivity contribution in [1.29, 1.82) is 0 Å². The summed E-state index contributed by atoms with van der Waals surface area (Å²) in [6.07, 6.45) is -2.70. The second-order valence-electron chi connectivity index (χ2n) is 4.39. The maximum absolute atomic E-state index is 13.3. The van der Waals surface area contributed by atoms with E-state index in [-0.39, 0.29) is 17.0 Å². The zero-order chi connectivity index (χ0) is 14.3. The number of hydrogen-bond acceptors (Lipinski definition) is 2. The summed E-state index contributed by atoms with van der Waals surface area (Å²) in [7, 11) is 0. The van der Waals surface area contributed by atoms with Gasteiger partial charge in [0, 0.05) is 16.8 Å². The van der Waals surface area contributed by atoms with E-state index in [1.165, 1.54) is 0 Å². The van der Waals surface area contributed by atoms with E-state index in [9.17, 15) is 13.2 Å². The van der Waals surface area contributed by atoms with Gasteiger partial charge in [0.1, 0.15) is 11.6 Å². The first-order chi connectivity index (χ1) is 9.54. The van der Waals surface area contributed by atoms with Gasteiger partial charge in [-0.2, -0.15) is 0 Å². The highest BCUT2D eigenvalue weighted by atomic mass is 19.3. The average Bonchev–Trinajstić information content (AvgIpc) is 2.81. The highest BCUT2D eigenvalue weighted by Gasteiger charge is 2.17. The molecule has 6 heteroatoms. The number of nitrogen functional groups attached to an aromatic ring is 1. The van der Waals surface area contributed by atoms with E-state index in [1.54, 1.807) is 18.2 Å². The minimum atomic E-state index is -2.70. The van der Waals surface area contributed by atoms with E-state index in [1.807, 2.05) is 0 Å². The van der Waals surface area contributed by atoms with Crippen molar-refractivity contribution in [2.45, 2.75) is 6.43 Å². The third-order valence-corrected chi connectivity index (χ3v) is 3.01. The number of nitrogens with one attached hydrogen (secondary N) is 1. The standard InChI is InChI=1S/C14H10F3N3/c15-7-1-3-9(13(16)17)10(5-7)14-19-11-4-2-8(18)6-12(11)20-14/h1-6,13H,18H2,(H,19,20). The first-order valence-electron chi connectivity index (χ1n) is 5.88. The number of halogens is 3. The molecule has 0 radical (unpaired) electrons. The van der Waals surface area contributed by atoms with Crippen LogP contribution in [-0.2, 0) is 0 Å². The van der Waals surface area contributed by atoms with Gasteiger partial charge >= 0.3 is 0 Å². The Labute approximate surface area is 112 Å². The van der Waals surface area contributed by atoms with Gasteiger partial charge in [0.15, 0.2) is 0 Å². The van der Waals surface area contributed by atoms with E-state index in [4.69, 9.17) is 5.73 Å². The van der Waals surface area contributed by atoms with Gasteiger partial charge in [-0.15, -0.1) is 0 Å². The number of nitrogens with zero attached hydrogens (tertiary/aromatic N) is 1. The summed E-state index contributed by atoms with van der Waals surface area (Å²) in [5.74, 6) is -0.398. The molecular formula is C14H10F3N3. The monoisotopic (exact) mass is 277 g/mol. The van der Waals surface area contributed by atoms with E-state index in [0.29, 0.717) is 16.7 Å². The summed E-state index contributed by atoms with van der Waals surface area (Å²) in [5, 5.41) is 0. The number of hydrogen-bond donors (Lipinski definition) is 2. The summed E-state index contributed by atoms with van der Waals surface area (Å²) in [6, 6.07) is 8.09. The SMILES string of the molecule is Nc1ccc2nc(-c3cc(F)ccc3C(F)F)[nH]c2c1. The molecule has 20 heavy (non-hydrogen) atoms. The Kier molecular flexibility index (Phi) is 2.85. The van der Waals surface area contributed by atoms with Gasteiger partial charge in [0.2, 0.25) is 0 Å². The van der Waals surface area contributed by atoms with Crippen LogP contribution in [0.5, 0.6) is 0 Å². The molecule has 1 heterocycles. The van der Waals surface area contributed by atoms with Gasteiger partial charge in [-0.3, -0.25) is 0 Å². The normalized spacial score (nSPS) is 11.4. The molecule has 0 atom stereocenters. The lowest BCUT2D eigenvalue weighted by Gasteiger charge is -2.06. The van der Waals surface area contributed by atoms with Gasteiger partial charge < -0.3 is 10.7 Å². The summed E-state index contributed by atoms with van der Waals surface area (Å²) < 4.78 is 39.3. The second-order valence-corrected chi connectivity index (χ2v) is 4.39. The molecule has 0 aliphatic heterocycles. The van der Waals surface area contributed by atoms with Crippen molar-refractivity contribution in [3.05, 3.63) is 47.8 Å². The van der Waals surface area contributed by atoms with Crippen molar-refractivity contribution in [3.8, 4) is 11.4 Å².